The van der Waals surface area contributed by atoms with E-state index in [0.717, 1.165) is 18.0 Å². The van der Waals surface area contributed by atoms with Gasteiger partial charge in [0.1, 0.15) is 5.04 Å². The molecule has 1 rings (SSSR count). The first kappa shape index (κ1) is 12.7. The fourth-order valence-electron chi connectivity index (χ4n) is 1.23. The van der Waals surface area contributed by atoms with Crippen molar-refractivity contribution in [3.63, 3.8) is 0 Å². The molecule has 0 unspecified atom stereocenters. The van der Waals surface area contributed by atoms with E-state index in [1.807, 2.05) is 0 Å². The predicted molar refractivity (Wildman–Crippen MR) is 70.6 cm³/mol. The molecule has 86 valence electrons. The molecular weight excluding hydrogens is 228 g/mol. The smallest absolute Gasteiger partial charge is 0.119 e. The Morgan fingerprint density at radius 1 is 1.40 bits per heavy atom. The normalized spacial score (nSPS) is 15.8. The van der Waals surface area contributed by atoms with Gasteiger partial charge in [0.2, 0.25) is 0 Å². The van der Waals surface area contributed by atoms with Gasteiger partial charge in [-0.05, 0) is 6.42 Å². The van der Waals surface area contributed by atoms with Crippen LogP contribution in [-0.2, 0) is 0 Å². The van der Waals surface area contributed by atoms with E-state index < -0.39 is 0 Å². The summed E-state index contributed by atoms with van der Waals surface area (Å²) in [5.74, 6) is 0. The van der Waals surface area contributed by atoms with Gasteiger partial charge in [-0.1, -0.05) is 26.2 Å². The van der Waals surface area contributed by atoms with Gasteiger partial charge in [-0.25, -0.2) is 0 Å². The molecule has 1 aliphatic heterocycles. The number of hydrogen-bond acceptors (Lipinski definition) is 5. The minimum Gasteiger partial charge on any atom is -0.261 e. The highest BCUT2D eigenvalue weighted by Gasteiger charge is 2.06. The maximum absolute atomic E-state index is 4.20. The van der Waals surface area contributed by atoms with Gasteiger partial charge in [0.05, 0.1) is 5.03 Å². The third kappa shape index (κ3) is 5.34. The molecule has 0 aromatic carbocycles. The second-order valence-corrected chi connectivity index (χ2v) is 4.32. The molecule has 0 radical (unpaired) electrons. The van der Waals surface area contributed by atoms with Crippen LogP contribution < -0.4 is 10.9 Å². The number of thiol groups is 2. The molecule has 1 aliphatic rings. The second-order valence-electron chi connectivity index (χ2n) is 3.38. The largest absolute Gasteiger partial charge is 0.261 e. The van der Waals surface area contributed by atoms with Crippen molar-refractivity contribution in [2.75, 3.05) is 6.54 Å². The minimum absolute atomic E-state index is 0.639. The summed E-state index contributed by atoms with van der Waals surface area (Å²) < 4.78 is 0. The van der Waals surface area contributed by atoms with Crippen LogP contribution in [0.25, 0.3) is 0 Å². The van der Waals surface area contributed by atoms with Crippen molar-refractivity contribution < 1.29 is 0 Å². The lowest BCUT2D eigenvalue weighted by Crippen LogP contribution is -2.45. The van der Waals surface area contributed by atoms with E-state index in [1.54, 1.807) is 11.3 Å². The van der Waals surface area contributed by atoms with Crippen molar-refractivity contribution in [2.24, 2.45) is 5.10 Å². The lowest BCUT2D eigenvalue weighted by atomic mass is 10.2. The van der Waals surface area contributed by atoms with E-state index in [4.69, 9.17) is 0 Å². The first-order chi connectivity index (χ1) is 7.22. The summed E-state index contributed by atoms with van der Waals surface area (Å²) in [7, 11) is 0. The molecule has 0 amide bonds. The maximum Gasteiger partial charge on any atom is 0.119 e. The number of nitrogens with zero attached hydrogens (tertiary/aromatic N) is 2. The van der Waals surface area contributed by atoms with E-state index in [-0.39, 0.29) is 0 Å². The minimum atomic E-state index is 0.639. The number of unbranched alkanes of at least 4 members (excludes halogenated alkanes) is 3. The van der Waals surface area contributed by atoms with Crippen LogP contribution in [0.3, 0.4) is 0 Å². The monoisotopic (exact) mass is 246 g/mol. The summed E-state index contributed by atoms with van der Waals surface area (Å²) in [5, 5.41) is 7.04. The Hall–Kier alpha value is -0.330. The van der Waals surface area contributed by atoms with Gasteiger partial charge in [0.25, 0.3) is 0 Å². The molecule has 0 saturated heterocycles. The van der Waals surface area contributed by atoms with Gasteiger partial charge >= 0.3 is 0 Å². The van der Waals surface area contributed by atoms with Crippen molar-refractivity contribution in [3.05, 3.63) is 11.1 Å². The summed E-state index contributed by atoms with van der Waals surface area (Å²) in [5.41, 5.74) is 6.09. The number of nitrogens with one attached hydrogen (secondary N) is 2. The van der Waals surface area contributed by atoms with Gasteiger partial charge < -0.3 is 0 Å². The molecule has 2 N–H and O–H groups in total. The van der Waals surface area contributed by atoms with Crippen LogP contribution in [0.1, 0.15) is 32.6 Å². The lowest BCUT2D eigenvalue weighted by Gasteiger charge is -2.24. The SMILES string of the molecule is CCCCCCNN1N=C(S)C=C(S)N1. The van der Waals surface area contributed by atoms with E-state index in [0.29, 0.717) is 5.04 Å². The highest BCUT2D eigenvalue weighted by Crippen LogP contribution is 2.06. The van der Waals surface area contributed by atoms with E-state index in [2.05, 4.69) is 48.1 Å². The zero-order valence-corrected chi connectivity index (χ0v) is 10.7. The highest BCUT2D eigenvalue weighted by molar-refractivity contribution is 7.97. The quantitative estimate of drug-likeness (QED) is 0.427. The molecule has 4 nitrogen and oxygen atoms in total. The van der Waals surface area contributed by atoms with Gasteiger partial charge in [-0.15, -0.1) is 35.6 Å². The fourth-order valence-corrected chi connectivity index (χ4v) is 1.77. The highest BCUT2D eigenvalue weighted by atomic mass is 32.1. The summed E-state index contributed by atoms with van der Waals surface area (Å²) in [4.78, 5) is 0. The number of hydrazone groups is 1. The van der Waals surface area contributed by atoms with Crippen molar-refractivity contribution >= 4 is 30.3 Å². The van der Waals surface area contributed by atoms with Crippen LogP contribution in [0, 0.1) is 0 Å². The van der Waals surface area contributed by atoms with Gasteiger partial charge in [0.15, 0.2) is 0 Å². The molecule has 6 heteroatoms. The number of hydrogen-bond donors (Lipinski definition) is 4. The number of hydrazine groups is 2. The van der Waals surface area contributed by atoms with Gasteiger partial charge in [-0.2, -0.15) is 5.43 Å². The zero-order chi connectivity index (χ0) is 11.1. The van der Waals surface area contributed by atoms with Crippen LogP contribution in [0.2, 0.25) is 0 Å². The Bertz CT molecular complexity index is 252. The molecule has 0 aromatic heterocycles. The lowest BCUT2D eigenvalue weighted by molar-refractivity contribution is 0.142. The first-order valence-corrected chi connectivity index (χ1v) is 6.10. The summed E-state index contributed by atoms with van der Waals surface area (Å²) >= 11 is 8.36. The predicted octanol–water partition coefficient (Wildman–Crippen LogP) is 1.91. The van der Waals surface area contributed by atoms with Crippen molar-refractivity contribution in [3.8, 4) is 0 Å². The van der Waals surface area contributed by atoms with Gasteiger partial charge in [0, 0.05) is 12.6 Å². The number of rotatable bonds is 6. The molecule has 0 spiro atoms. The molecule has 0 atom stereocenters. The van der Waals surface area contributed by atoms with E-state index >= 15 is 0 Å². The Balaban J connectivity index is 2.15. The Morgan fingerprint density at radius 3 is 2.87 bits per heavy atom. The van der Waals surface area contributed by atoms with Crippen molar-refractivity contribution in [1.82, 2.24) is 16.1 Å². The summed E-state index contributed by atoms with van der Waals surface area (Å²) in [6.07, 6.45) is 6.69. The average Bonchev–Trinajstić information content (AvgIpc) is 2.16. The fraction of sp³-hybridized carbons (Fsp3) is 0.667. The third-order valence-electron chi connectivity index (χ3n) is 1.98. The molecule has 0 aromatic rings. The molecule has 15 heavy (non-hydrogen) atoms. The first-order valence-electron chi connectivity index (χ1n) is 5.21. The van der Waals surface area contributed by atoms with Crippen LogP contribution in [0.4, 0.5) is 0 Å². The van der Waals surface area contributed by atoms with Crippen molar-refractivity contribution in [1.29, 1.82) is 0 Å². The Morgan fingerprint density at radius 2 is 2.20 bits per heavy atom. The van der Waals surface area contributed by atoms with E-state index in [1.165, 1.54) is 19.3 Å². The second kappa shape index (κ2) is 7.03. The molecular formula is C9H18N4S2. The van der Waals surface area contributed by atoms with Crippen molar-refractivity contribution in [2.45, 2.75) is 32.6 Å². The van der Waals surface area contributed by atoms with Crippen LogP contribution >= 0.6 is 25.3 Å². The Labute approximate surface area is 102 Å². The standard InChI is InChI=1S/C9H18N4S2/c1-2-3-4-5-6-10-13-11-8(14)7-9(15)12-13/h7,10-11,14H,2-6H2,1H3,(H,12,15). The van der Waals surface area contributed by atoms with E-state index in [9.17, 15) is 0 Å². The van der Waals surface area contributed by atoms with Gasteiger partial charge in [-0.3, -0.25) is 5.43 Å². The van der Waals surface area contributed by atoms with Crippen LogP contribution in [0.5, 0.6) is 0 Å². The van der Waals surface area contributed by atoms with Crippen LogP contribution in [0.15, 0.2) is 16.2 Å². The zero-order valence-electron chi connectivity index (χ0n) is 8.90. The Kier molecular flexibility index (Phi) is 5.97. The summed E-state index contributed by atoms with van der Waals surface area (Å²) in [6, 6.07) is 0. The molecule has 0 saturated carbocycles. The summed E-state index contributed by atoms with van der Waals surface area (Å²) in [6.45, 7) is 3.10. The van der Waals surface area contributed by atoms with Crippen LogP contribution in [-0.4, -0.2) is 16.8 Å². The molecule has 0 fully saturated rings. The topological polar surface area (TPSA) is 39.7 Å². The maximum atomic E-state index is 4.20. The third-order valence-corrected chi connectivity index (χ3v) is 2.43. The molecule has 1 heterocycles. The molecule has 0 bridgehead atoms. The molecule has 0 aliphatic carbocycles. The average molecular weight is 246 g/mol.